The largest absolute Gasteiger partial charge is 0.284 e. The van der Waals surface area contributed by atoms with Crippen molar-refractivity contribution in [2.45, 2.75) is 0 Å². The molecule has 0 amide bonds. The third-order valence-corrected chi connectivity index (χ3v) is 3.50. The van der Waals surface area contributed by atoms with Gasteiger partial charge in [-0.2, -0.15) is 5.26 Å². The summed E-state index contributed by atoms with van der Waals surface area (Å²) in [7, 11) is 0. The highest BCUT2D eigenvalue weighted by molar-refractivity contribution is 9.10. The molecule has 5 nitrogen and oxygen atoms in total. The number of hydrogen-bond donors (Lipinski definition) is 0. The van der Waals surface area contributed by atoms with Crippen molar-refractivity contribution in [1.82, 2.24) is 0 Å². The summed E-state index contributed by atoms with van der Waals surface area (Å²) in [5, 5.41) is 20.3. The van der Waals surface area contributed by atoms with Crippen LogP contribution in [0.4, 0.5) is 11.4 Å². The lowest BCUT2D eigenvalue weighted by Gasteiger charge is -1.99. The fourth-order valence-electron chi connectivity index (χ4n) is 1.60. The van der Waals surface area contributed by atoms with E-state index in [-0.39, 0.29) is 5.69 Å². The van der Waals surface area contributed by atoms with Crippen molar-refractivity contribution in [2.75, 3.05) is 0 Å². The van der Waals surface area contributed by atoms with E-state index in [1.54, 1.807) is 24.3 Å². The fraction of sp³-hybridized carbons (Fsp3) is 0. The van der Waals surface area contributed by atoms with Crippen LogP contribution in [0.3, 0.4) is 0 Å². The molecular weight excluding hydrogens is 358 g/mol. The minimum Gasteiger partial charge on any atom is -0.258 e. The normalized spacial score (nSPS) is 10.5. The number of nitriles is 1. The van der Waals surface area contributed by atoms with Crippen LogP contribution in [0.5, 0.6) is 0 Å². The molecule has 0 spiro atoms. The molecule has 21 heavy (non-hydrogen) atoms. The van der Waals surface area contributed by atoms with Gasteiger partial charge in [-0.15, -0.1) is 0 Å². The third kappa shape index (κ3) is 3.66. The summed E-state index contributed by atoms with van der Waals surface area (Å²) in [5.74, 6) is 0. The van der Waals surface area contributed by atoms with Crippen LogP contribution in [0.15, 0.2) is 45.9 Å². The molecule has 2 rings (SSSR count). The molecule has 0 aromatic heterocycles. The number of nitrogens with zero attached hydrogens (tertiary/aromatic N) is 3. The van der Waals surface area contributed by atoms with E-state index in [1.165, 1.54) is 18.3 Å². The van der Waals surface area contributed by atoms with Crippen molar-refractivity contribution in [1.29, 1.82) is 5.26 Å². The van der Waals surface area contributed by atoms with Crippen LogP contribution >= 0.6 is 27.5 Å². The number of aliphatic imine (C=N–C) groups is 1. The standard InChI is InChI=1S/C14H7BrClN3O2/c15-12-3-1-9(5-14(12)19(20)21)8-18-13-4-2-11(16)6-10(13)7-17/h1-6,8H. The van der Waals surface area contributed by atoms with Crippen LogP contribution < -0.4 is 0 Å². The average Bonchev–Trinajstić information content (AvgIpc) is 2.46. The molecule has 0 aliphatic rings. The molecule has 104 valence electrons. The summed E-state index contributed by atoms with van der Waals surface area (Å²) in [6.07, 6.45) is 1.46. The van der Waals surface area contributed by atoms with Crippen molar-refractivity contribution >= 4 is 45.1 Å². The molecule has 0 aliphatic heterocycles. The Bertz CT molecular complexity index is 784. The van der Waals surface area contributed by atoms with Gasteiger partial charge >= 0.3 is 0 Å². The number of benzene rings is 2. The second-order valence-electron chi connectivity index (χ2n) is 4.00. The zero-order valence-corrected chi connectivity index (χ0v) is 12.8. The van der Waals surface area contributed by atoms with Gasteiger partial charge in [-0.3, -0.25) is 15.1 Å². The van der Waals surface area contributed by atoms with Gasteiger partial charge in [0.2, 0.25) is 0 Å². The first kappa shape index (κ1) is 15.2. The first-order chi connectivity index (χ1) is 10.0. The predicted molar refractivity (Wildman–Crippen MR) is 84.2 cm³/mol. The Hall–Kier alpha value is -2.23. The Kier molecular flexibility index (Phi) is 4.68. The Balaban J connectivity index is 2.36. The SMILES string of the molecule is N#Cc1cc(Cl)ccc1N=Cc1ccc(Br)c([N+](=O)[O-])c1. The molecule has 0 saturated heterocycles. The number of hydrogen-bond acceptors (Lipinski definition) is 4. The zero-order chi connectivity index (χ0) is 15.4. The maximum Gasteiger partial charge on any atom is 0.284 e. The van der Waals surface area contributed by atoms with Crippen molar-refractivity contribution in [3.8, 4) is 6.07 Å². The van der Waals surface area contributed by atoms with Crippen LogP contribution in [0.1, 0.15) is 11.1 Å². The van der Waals surface area contributed by atoms with Crippen LogP contribution in [-0.4, -0.2) is 11.1 Å². The van der Waals surface area contributed by atoms with Crippen LogP contribution in [0.25, 0.3) is 0 Å². The summed E-state index contributed by atoms with van der Waals surface area (Å²) in [6, 6.07) is 11.4. The van der Waals surface area contributed by atoms with Gasteiger partial charge in [0.05, 0.1) is 20.6 Å². The van der Waals surface area contributed by atoms with E-state index in [1.807, 2.05) is 6.07 Å². The van der Waals surface area contributed by atoms with Crippen LogP contribution in [0, 0.1) is 21.4 Å². The summed E-state index contributed by atoms with van der Waals surface area (Å²) >= 11 is 8.92. The summed E-state index contributed by atoms with van der Waals surface area (Å²) in [6.45, 7) is 0. The molecule has 0 unspecified atom stereocenters. The molecule has 7 heteroatoms. The molecule has 0 N–H and O–H groups in total. The minimum atomic E-state index is -0.482. The first-order valence-corrected chi connectivity index (χ1v) is 6.86. The van der Waals surface area contributed by atoms with E-state index >= 15 is 0 Å². The smallest absolute Gasteiger partial charge is 0.258 e. The van der Waals surface area contributed by atoms with Crippen molar-refractivity contribution in [3.05, 3.63) is 67.1 Å². The molecule has 0 atom stereocenters. The van der Waals surface area contributed by atoms with Crippen LogP contribution in [0.2, 0.25) is 5.02 Å². The van der Waals surface area contributed by atoms with E-state index in [0.29, 0.717) is 26.3 Å². The Morgan fingerprint density at radius 1 is 1.33 bits per heavy atom. The second kappa shape index (κ2) is 6.48. The van der Waals surface area contributed by atoms with Gasteiger partial charge < -0.3 is 0 Å². The number of halogens is 2. The van der Waals surface area contributed by atoms with E-state index < -0.39 is 4.92 Å². The van der Waals surface area contributed by atoms with Gasteiger partial charge in [-0.25, -0.2) is 0 Å². The number of rotatable bonds is 3. The molecular formula is C14H7BrClN3O2. The Morgan fingerprint density at radius 3 is 2.76 bits per heavy atom. The van der Waals surface area contributed by atoms with Gasteiger partial charge in [0.25, 0.3) is 5.69 Å². The predicted octanol–water partition coefficient (Wildman–Crippen LogP) is 4.63. The van der Waals surface area contributed by atoms with Crippen molar-refractivity contribution < 1.29 is 4.92 Å². The van der Waals surface area contributed by atoms with Gasteiger partial charge in [-0.05, 0) is 45.8 Å². The summed E-state index contributed by atoms with van der Waals surface area (Å²) in [4.78, 5) is 14.6. The van der Waals surface area contributed by atoms with Gasteiger partial charge in [0.15, 0.2) is 0 Å². The topological polar surface area (TPSA) is 79.3 Å². The van der Waals surface area contributed by atoms with E-state index in [0.717, 1.165) is 0 Å². The zero-order valence-electron chi connectivity index (χ0n) is 10.5. The lowest BCUT2D eigenvalue weighted by atomic mass is 10.2. The van der Waals surface area contributed by atoms with Crippen molar-refractivity contribution in [3.63, 3.8) is 0 Å². The quantitative estimate of drug-likeness (QED) is 0.452. The monoisotopic (exact) mass is 363 g/mol. The fourth-order valence-corrected chi connectivity index (χ4v) is 2.17. The maximum absolute atomic E-state index is 10.9. The van der Waals surface area contributed by atoms with Gasteiger partial charge in [0, 0.05) is 17.3 Å². The molecule has 0 aliphatic carbocycles. The third-order valence-electron chi connectivity index (χ3n) is 2.60. The highest BCUT2D eigenvalue weighted by Crippen LogP contribution is 2.26. The highest BCUT2D eigenvalue weighted by atomic mass is 79.9. The van der Waals surface area contributed by atoms with E-state index in [4.69, 9.17) is 16.9 Å². The molecule has 0 saturated carbocycles. The number of nitro groups is 1. The summed E-state index contributed by atoms with van der Waals surface area (Å²) < 4.78 is 0.397. The maximum atomic E-state index is 10.9. The number of nitro benzene ring substituents is 1. The lowest BCUT2D eigenvalue weighted by molar-refractivity contribution is -0.385. The Morgan fingerprint density at radius 2 is 2.10 bits per heavy atom. The van der Waals surface area contributed by atoms with Gasteiger partial charge in [0.1, 0.15) is 6.07 Å². The molecule has 2 aromatic rings. The lowest BCUT2D eigenvalue weighted by Crippen LogP contribution is -1.91. The molecule has 0 radical (unpaired) electrons. The van der Waals surface area contributed by atoms with Crippen LogP contribution in [-0.2, 0) is 0 Å². The highest BCUT2D eigenvalue weighted by Gasteiger charge is 2.11. The summed E-state index contributed by atoms with van der Waals surface area (Å²) in [5.41, 5.74) is 1.30. The molecule has 0 heterocycles. The van der Waals surface area contributed by atoms with E-state index in [2.05, 4.69) is 20.9 Å². The molecule has 2 aromatic carbocycles. The molecule has 0 bridgehead atoms. The Labute approximate surface area is 133 Å². The molecule has 0 fully saturated rings. The van der Waals surface area contributed by atoms with E-state index in [9.17, 15) is 10.1 Å². The van der Waals surface area contributed by atoms with Gasteiger partial charge in [-0.1, -0.05) is 17.7 Å². The average molecular weight is 365 g/mol. The minimum absolute atomic E-state index is 0.0458. The first-order valence-electron chi connectivity index (χ1n) is 5.69. The second-order valence-corrected chi connectivity index (χ2v) is 5.29. The van der Waals surface area contributed by atoms with Crippen molar-refractivity contribution in [2.24, 2.45) is 4.99 Å².